The number of aliphatic hydroxyl groups excluding tert-OH is 1. The van der Waals surface area contributed by atoms with Gasteiger partial charge in [0.2, 0.25) is 5.78 Å². The Morgan fingerprint density at radius 1 is 1.12 bits per heavy atom. The van der Waals surface area contributed by atoms with Crippen molar-refractivity contribution in [3.8, 4) is 0 Å². The average molecular weight is 353 g/mol. The summed E-state index contributed by atoms with van der Waals surface area (Å²) < 4.78 is 6.14. The van der Waals surface area contributed by atoms with Crippen LogP contribution in [0.1, 0.15) is 11.3 Å². The largest absolute Gasteiger partial charge is 0.395 e. The van der Waals surface area contributed by atoms with Gasteiger partial charge in [-0.05, 0) is 12.5 Å². The van der Waals surface area contributed by atoms with Crippen molar-refractivity contribution in [2.45, 2.75) is 20.0 Å². The fourth-order valence-electron chi connectivity index (χ4n) is 3.34. The fourth-order valence-corrected chi connectivity index (χ4v) is 3.34. The number of hydrogen-bond acceptors (Lipinski definition) is 4. The quantitative estimate of drug-likeness (QED) is 0.579. The van der Waals surface area contributed by atoms with Crippen LogP contribution in [0.3, 0.4) is 0 Å². The molecular weight excluding hydrogens is 334 g/mol. The predicted octanol–water partition coefficient (Wildman–Crippen LogP) is 0.498. The van der Waals surface area contributed by atoms with Crippen LogP contribution in [0.4, 0.5) is 0 Å². The first kappa shape index (κ1) is 16.3. The van der Waals surface area contributed by atoms with Crippen LogP contribution in [0, 0.1) is 6.92 Å². The maximum absolute atomic E-state index is 13.1. The van der Waals surface area contributed by atoms with E-state index >= 15 is 0 Å². The van der Waals surface area contributed by atoms with Crippen LogP contribution in [-0.4, -0.2) is 34.8 Å². The Hall–Kier alpha value is -3.13. The van der Waals surface area contributed by atoms with E-state index in [1.54, 1.807) is 17.6 Å². The number of aromatic nitrogens is 5. The van der Waals surface area contributed by atoms with Crippen molar-refractivity contribution in [1.29, 1.82) is 0 Å². The Kier molecular flexibility index (Phi) is 3.77. The molecular formula is C18H19N5O3. The van der Waals surface area contributed by atoms with Crippen molar-refractivity contribution in [2.24, 2.45) is 7.05 Å². The number of rotatable bonds is 4. The molecule has 26 heavy (non-hydrogen) atoms. The highest BCUT2D eigenvalue weighted by Crippen LogP contribution is 2.16. The standard InChI is InChI=1S/C18H19N5O3/c1-12-10-22-14-15(19-17(22)21(12)8-9-24)20(2)18(26)23(16(14)25)11-13-6-4-3-5-7-13/h3-7,10,24H,8-9,11H2,1-2H3. The van der Waals surface area contributed by atoms with Crippen LogP contribution in [0.25, 0.3) is 16.9 Å². The molecule has 0 fully saturated rings. The summed E-state index contributed by atoms with van der Waals surface area (Å²) in [5.74, 6) is 0.538. The minimum atomic E-state index is -0.405. The molecule has 134 valence electrons. The van der Waals surface area contributed by atoms with Gasteiger partial charge in [0.25, 0.3) is 5.56 Å². The van der Waals surface area contributed by atoms with Crippen molar-refractivity contribution >= 4 is 16.9 Å². The molecule has 8 nitrogen and oxygen atoms in total. The molecule has 0 radical (unpaired) electrons. The minimum Gasteiger partial charge on any atom is -0.395 e. The predicted molar refractivity (Wildman–Crippen MR) is 97.6 cm³/mol. The highest BCUT2D eigenvalue weighted by Gasteiger charge is 2.20. The molecule has 0 aliphatic rings. The van der Waals surface area contributed by atoms with E-state index in [2.05, 4.69) is 4.98 Å². The summed E-state index contributed by atoms with van der Waals surface area (Å²) in [6, 6.07) is 9.39. The highest BCUT2D eigenvalue weighted by atomic mass is 16.3. The SMILES string of the molecule is Cc1cn2c3c(=O)n(Cc4ccccc4)c(=O)n(C)c3nc2n1CCO. The summed E-state index contributed by atoms with van der Waals surface area (Å²) >= 11 is 0. The Balaban J connectivity index is 2.03. The van der Waals surface area contributed by atoms with Crippen LogP contribution < -0.4 is 11.2 Å². The maximum Gasteiger partial charge on any atom is 0.332 e. The lowest BCUT2D eigenvalue weighted by Crippen LogP contribution is -2.39. The first-order chi connectivity index (χ1) is 12.5. The molecule has 0 amide bonds. The zero-order valence-corrected chi connectivity index (χ0v) is 14.6. The van der Waals surface area contributed by atoms with Gasteiger partial charge < -0.3 is 9.67 Å². The van der Waals surface area contributed by atoms with E-state index in [1.165, 1.54) is 9.13 Å². The molecule has 0 bridgehead atoms. The fraction of sp³-hybridized carbons (Fsp3) is 0.278. The zero-order chi connectivity index (χ0) is 18.4. The number of aliphatic hydroxyl groups is 1. The van der Waals surface area contributed by atoms with Crippen LogP contribution in [0.2, 0.25) is 0 Å². The molecule has 0 aliphatic carbocycles. The maximum atomic E-state index is 13.1. The van der Waals surface area contributed by atoms with Crippen LogP contribution in [-0.2, 0) is 20.1 Å². The van der Waals surface area contributed by atoms with Gasteiger partial charge in [0.1, 0.15) is 0 Å². The Labute approximate surface area is 148 Å². The van der Waals surface area contributed by atoms with E-state index < -0.39 is 5.69 Å². The van der Waals surface area contributed by atoms with Crippen molar-refractivity contribution < 1.29 is 5.11 Å². The van der Waals surface area contributed by atoms with E-state index in [-0.39, 0.29) is 18.7 Å². The first-order valence-corrected chi connectivity index (χ1v) is 8.35. The van der Waals surface area contributed by atoms with Crippen molar-refractivity contribution in [1.82, 2.24) is 23.1 Å². The third-order valence-corrected chi connectivity index (χ3v) is 4.65. The van der Waals surface area contributed by atoms with Gasteiger partial charge in [-0.3, -0.25) is 18.3 Å². The molecule has 0 spiro atoms. The molecule has 3 aromatic heterocycles. The molecule has 0 saturated heterocycles. The Morgan fingerprint density at radius 3 is 2.54 bits per heavy atom. The second-order valence-electron chi connectivity index (χ2n) is 6.32. The molecule has 3 heterocycles. The summed E-state index contributed by atoms with van der Waals surface area (Å²) in [7, 11) is 1.61. The van der Waals surface area contributed by atoms with Crippen molar-refractivity contribution in [3.63, 3.8) is 0 Å². The molecule has 0 aliphatic heterocycles. The number of nitrogens with zero attached hydrogens (tertiary/aromatic N) is 5. The molecule has 8 heteroatoms. The van der Waals surface area contributed by atoms with Crippen molar-refractivity contribution in [2.75, 3.05) is 6.61 Å². The lowest BCUT2D eigenvalue weighted by Gasteiger charge is -2.08. The van der Waals surface area contributed by atoms with Gasteiger partial charge in [-0.1, -0.05) is 30.3 Å². The zero-order valence-electron chi connectivity index (χ0n) is 14.6. The van der Waals surface area contributed by atoms with Gasteiger partial charge in [0.05, 0.1) is 13.2 Å². The number of fused-ring (bicyclic) bond motifs is 3. The normalized spacial score (nSPS) is 11.7. The van der Waals surface area contributed by atoms with E-state index in [9.17, 15) is 14.7 Å². The molecule has 4 aromatic rings. The molecule has 4 rings (SSSR count). The molecule has 0 unspecified atom stereocenters. The molecule has 1 aromatic carbocycles. The summed E-state index contributed by atoms with van der Waals surface area (Å²) in [5, 5.41) is 9.28. The second-order valence-corrected chi connectivity index (χ2v) is 6.32. The number of benzene rings is 1. The number of aryl methyl sites for hydroxylation is 2. The van der Waals surface area contributed by atoms with Gasteiger partial charge in [0, 0.05) is 25.5 Å². The average Bonchev–Trinajstić information content (AvgIpc) is 3.14. The smallest absolute Gasteiger partial charge is 0.332 e. The van der Waals surface area contributed by atoms with Crippen LogP contribution in [0.5, 0.6) is 0 Å². The Morgan fingerprint density at radius 2 is 1.85 bits per heavy atom. The Bertz CT molecular complexity index is 1230. The monoisotopic (exact) mass is 353 g/mol. The minimum absolute atomic E-state index is 0.0362. The van der Waals surface area contributed by atoms with E-state index in [0.717, 1.165) is 11.3 Å². The first-order valence-electron chi connectivity index (χ1n) is 8.35. The van der Waals surface area contributed by atoms with Crippen LogP contribution >= 0.6 is 0 Å². The van der Waals surface area contributed by atoms with E-state index in [1.807, 2.05) is 41.8 Å². The van der Waals surface area contributed by atoms with Gasteiger partial charge >= 0.3 is 5.69 Å². The summed E-state index contributed by atoms with van der Waals surface area (Å²) in [6.45, 7) is 2.43. The van der Waals surface area contributed by atoms with E-state index in [0.29, 0.717) is 23.5 Å². The van der Waals surface area contributed by atoms with Crippen LogP contribution in [0.15, 0.2) is 46.1 Å². The molecule has 1 N–H and O–H groups in total. The lowest BCUT2D eigenvalue weighted by atomic mass is 10.2. The third kappa shape index (κ3) is 2.30. The van der Waals surface area contributed by atoms with Crippen molar-refractivity contribution in [3.05, 3.63) is 68.6 Å². The van der Waals surface area contributed by atoms with Gasteiger partial charge in [-0.2, -0.15) is 4.98 Å². The number of hydrogen-bond donors (Lipinski definition) is 1. The summed E-state index contributed by atoms with van der Waals surface area (Å²) in [6.07, 6.45) is 1.80. The lowest BCUT2D eigenvalue weighted by molar-refractivity contribution is 0.276. The number of imidazole rings is 2. The van der Waals surface area contributed by atoms with E-state index in [4.69, 9.17) is 0 Å². The molecule has 0 saturated carbocycles. The van der Waals surface area contributed by atoms with Gasteiger partial charge in [-0.25, -0.2) is 4.79 Å². The summed E-state index contributed by atoms with van der Waals surface area (Å²) in [4.78, 5) is 30.3. The third-order valence-electron chi connectivity index (χ3n) is 4.65. The highest BCUT2D eigenvalue weighted by molar-refractivity contribution is 5.75. The van der Waals surface area contributed by atoms with Gasteiger partial charge in [0.15, 0.2) is 11.2 Å². The molecule has 0 atom stereocenters. The summed E-state index contributed by atoms with van der Waals surface area (Å²) in [5.41, 5.74) is 1.68. The topological polar surface area (TPSA) is 86.5 Å². The van der Waals surface area contributed by atoms with Gasteiger partial charge in [-0.15, -0.1) is 0 Å². The second kappa shape index (κ2) is 5.99.